The molecule has 125 heavy (non-hydrogen) atoms. The fourth-order valence-corrected chi connectivity index (χ4v) is 19.2. The summed E-state index contributed by atoms with van der Waals surface area (Å²) in [4.78, 5) is 108. The van der Waals surface area contributed by atoms with Crippen molar-refractivity contribution in [2.45, 2.75) is 268 Å². The number of carbonyl (C=O) groups is 6. The third kappa shape index (κ3) is 26.2. The maximum Gasteiger partial charge on any atom is 0.330 e. The first-order valence-electron chi connectivity index (χ1n) is 42.9. The van der Waals surface area contributed by atoms with Crippen molar-refractivity contribution in [2.75, 3.05) is 70.1 Å². The highest BCUT2D eigenvalue weighted by atomic mass is 32.2. The van der Waals surface area contributed by atoms with Crippen LogP contribution in [0.1, 0.15) is 250 Å². The average molecular weight is 1780 g/mol. The summed E-state index contributed by atoms with van der Waals surface area (Å²) in [5, 5.41) is 9.31. The molecule has 6 aromatic rings. The Morgan fingerprint density at radius 3 is 0.952 bits per heavy atom. The summed E-state index contributed by atoms with van der Waals surface area (Å²) >= 11 is 0. The van der Waals surface area contributed by atoms with Crippen LogP contribution in [0.25, 0.3) is 0 Å². The first kappa shape index (κ1) is 98.1. The molecule has 3 unspecified atom stereocenters. The normalized spacial score (nSPS) is 21.7. The number of esters is 3. The molecule has 6 atom stereocenters. The fraction of sp³-hybridized carbons (Fsp3) is 0.522. The first-order valence-corrected chi connectivity index (χ1v) is 47.3. The lowest BCUT2D eigenvalue weighted by Crippen LogP contribution is -2.41. The van der Waals surface area contributed by atoms with Crippen LogP contribution in [0.5, 0.6) is 0 Å². The van der Waals surface area contributed by atoms with Crippen molar-refractivity contribution in [3.63, 3.8) is 0 Å². The monoisotopic (exact) mass is 1780 g/mol. The second kappa shape index (κ2) is 40.7. The van der Waals surface area contributed by atoms with Gasteiger partial charge >= 0.3 is 17.9 Å². The fourth-order valence-electron chi connectivity index (χ4n) is 16.4. The van der Waals surface area contributed by atoms with Crippen molar-refractivity contribution >= 4 is 101 Å². The van der Waals surface area contributed by atoms with Gasteiger partial charge in [-0.2, -0.15) is 25.3 Å². The molecule has 3 amide bonds. The summed E-state index contributed by atoms with van der Waals surface area (Å²) in [7, 11) is -12.8. The van der Waals surface area contributed by atoms with E-state index < -0.39 is 59.7 Å². The molecule has 12 heterocycles. The van der Waals surface area contributed by atoms with Crippen LogP contribution >= 0.6 is 0 Å². The molecule has 0 aliphatic carbocycles. The molecule has 0 radical (unpaired) electrons. The molecule has 12 rings (SSSR count). The second-order valence-electron chi connectivity index (χ2n) is 37.3. The Kier molecular flexibility index (Phi) is 32.0. The maximum atomic E-state index is 13.5. The van der Waals surface area contributed by atoms with E-state index in [-0.39, 0.29) is 88.7 Å². The Bertz CT molecular complexity index is 5130. The molecule has 12 bridgehead atoms. The van der Waals surface area contributed by atoms with Gasteiger partial charge in [0.15, 0.2) is 15.1 Å². The van der Waals surface area contributed by atoms with E-state index in [0.717, 1.165) is 93.9 Å². The third-order valence-corrected chi connectivity index (χ3v) is 26.3. The molecule has 0 spiro atoms. The number of carbonyl (C=O) groups excluding carboxylic acids is 6. The molecule has 33 heteroatoms. The second-order valence-corrected chi connectivity index (χ2v) is 42.2. The van der Waals surface area contributed by atoms with E-state index in [2.05, 4.69) is 182 Å². The van der Waals surface area contributed by atoms with Crippen LogP contribution in [0.15, 0.2) is 156 Å². The molecule has 6 N–H and O–H groups in total. The molecular weight excluding hydrogens is 1650 g/mol. The van der Waals surface area contributed by atoms with Crippen molar-refractivity contribution in [3.8, 4) is 0 Å². The van der Waals surface area contributed by atoms with Crippen molar-refractivity contribution in [1.82, 2.24) is 44.1 Å². The minimum absolute atomic E-state index is 0.0720. The van der Waals surface area contributed by atoms with Crippen LogP contribution in [0, 0.1) is 17.8 Å². The van der Waals surface area contributed by atoms with Gasteiger partial charge < -0.3 is 44.9 Å². The van der Waals surface area contributed by atoms with Crippen molar-refractivity contribution in [3.05, 3.63) is 174 Å². The van der Waals surface area contributed by atoms with E-state index in [4.69, 9.17) is 24.4 Å². The van der Waals surface area contributed by atoms with E-state index in [9.17, 15) is 54.0 Å². The Balaban J connectivity index is 0.000000204. The number of aromatic nitrogens is 6. The van der Waals surface area contributed by atoms with Gasteiger partial charge in [0.1, 0.15) is 34.9 Å². The molecule has 6 aromatic heterocycles. The van der Waals surface area contributed by atoms with E-state index in [0.29, 0.717) is 98.4 Å². The predicted octanol–water partition coefficient (Wildman–Crippen LogP) is 14.5. The Hall–Kier alpha value is -10.7. The van der Waals surface area contributed by atoms with Crippen LogP contribution in [-0.4, -0.2) is 165 Å². The minimum Gasteiger partial charge on any atom is -0.463 e. The van der Waals surface area contributed by atoms with Crippen molar-refractivity contribution < 1.29 is 68.2 Å². The lowest BCUT2D eigenvalue weighted by Gasteiger charge is -2.34. The molecule has 678 valence electrons. The van der Waals surface area contributed by atoms with Gasteiger partial charge in [-0.05, 0) is 230 Å². The smallest absolute Gasteiger partial charge is 0.330 e. The van der Waals surface area contributed by atoms with E-state index in [1.165, 1.54) is 30.4 Å². The number of sulfonamides is 3. The summed E-state index contributed by atoms with van der Waals surface area (Å²) in [5.74, 6) is 0.358. The zero-order valence-electron chi connectivity index (χ0n) is 75.6. The largest absolute Gasteiger partial charge is 0.463 e. The van der Waals surface area contributed by atoms with Gasteiger partial charge in [0.25, 0.3) is 47.8 Å². The molecule has 0 saturated carbocycles. The number of rotatable bonds is 12. The molecular formula is C92H127N15O15S3. The van der Waals surface area contributed by atoms with E-state index >= 15 is 0 Å². The quantitative estimate of drug-likeness (QED) is 0.0287. The number of ether oxygens (including phenoxy) is 3. The molecule has 6 aliphatic heterocycles. The number of fused-ring (bicyclic) bond motifs is 18. The van der Waals surface area contributed by atoms with Gasteiger partial charge in [-0.3, -0.25) is 14.4 Å². The van der Waals surface area contributed by atoms with Gasteiger partial charge in [-0.25, -0.2) is 58.5 Å². The standard InChI is InChI=1S/2C30H41N5O5S.C27H37N5O3S.C5H8O2/c2*1-7-40-26(36)13-8-10-21-15-14-20-18-30(5,6)35(19-20)27-22(16-17-23(32-27)29(2,3)4)28(37)34-41(38,39)25-12-9-11-24(31-21)33-25;1-7-9-19-13-12-18-16-27(5,6)32(17-18)24-20(14-15-21(29-24)26(2,3)4)25(33)31-36(34,35)23-11-8-10-22(28-19)30-23;1-3-5(6)7-4-2/h2*8-9,11-13,16-17,20-21H,7,10,14-15,18-19H2,1-6H3,(H,31,33)(H,34,37);7-8,10-11,14-15,18-19H,1,9,12-13,16-17H2,2-6H3,(H,28,30)(H,31,33);3H,1,4H2,2H3/b13-8+;13-8-;;/t2*20-,21?;18-,19?;/m000./s1. The third-order valence-electron chi connectivity index (χ3n) is 22.6. The van der Waals surface area contributed by atoms with Gasteiger partial charge in [0, 0.05) is 106 Å². The molecule has 3 saturated heterocycles. The number of amides is 3. The SMILES string of the molecule is C=CC(=O)OCC.C=CCC1CC[C@@H]2CN(c3nc(C(C)(C)C)ccc3C(=O)NS(=O)(=O)c3cccc(n3)N1)C(C)(C)C2.CCOC(=O)/C=C/CC1CC[C@@H]2CN(c3nc(C(C)(C)C)ccc3C(=O)NS(=O)(=O)c3cccc(n3)N1)C(C)(C)C2.CCOC(=O)/C=C\CC1CC[C@@H]2CN(c3nc(C(C)(C)C)ccc3C(=O)NS(=O)(=O)c3cccc(n3)N1)C(C)(C)C2. The minimum atomic E-state index is -4.28. The van der Waals surface area contributed by atoms with Gasteiger partial charge in [0.05, 0.1) is 36.5 Å². The van der Waals surface area contributed by atoms with Crippen LogP contribution in [0.3, 0.4) is 0 Å². The molecule has 30 nitrogen and oxygen atoms in total. The van der Waals surface area contributed by atoms with E-state index in [1.807, 2.05) is 12.1 Å². The topological polar surface area (TPSA) is 392 Å². The van der Waals surface area contributed by atoms with Gasteiger partial charge in [-0.15, -0.1) is 6.58 Å². The number of hydrogen-bond acceptors (Lipinski definition) is 27. The highest BCUT2D eigenvalue weighted by Crippen LogP contribution is 2.45. The lowest BCUT2D eigenvalue weighted by molar-refractivity contribution is -0.138. The van der Waals surface area contributed by atoms with Crippen molar-refractivity contribution in [1.29, 1.82) is 0 Å². The number of pyridine rings is 6. The van der Waals surface area contributed by atoms with Crippen molar-refractivity contribution in [2.24, 2.45) is 17.8 Å². The summed E-state index contributed by atoms with van der Waals surface area (Å²) in [6.07, 6.45) is 19.0. The maximum absolute atomic E-state index is 13.5. The number of nitrogens with one attached hydrogen (secondary N) is 6. The van der Waals surface area contributed by atoms with Crippen LogP contribution < -0.4 is 44.8 Å². The lowest BCUT2D eigenvalue weighted by atomic mass is 9.90. The van der Waals surface area contributed by atoms with E-state index in [1.54, 1.807) is 99.7 Å². The molecule has 6 aliphatic rings. The Morgan fingerprint density at radius 1 is 0.416 bits per heavy atom. The summed E-state index contributed by atoms with van der Waals surface area (Å²) in [5.41, 5.74) is 1.52. The molecule has 0 aromatic carbocycles. The Labute approximate surface area is 738 Å². The van der Waals surface area contributed by atoms with Crippen LogP contribution in [-0.2, 0) is 74.9 Å². The van der Waals surface area contributed by atoms with Crippen LogP contribution in [0.2, 0.25) is 0 Å². The summed E-state index contributed by atoms with van der Waals surface area (Å²) in [6.45, 7) is 46.9. The Morgan fingerprint density at radius 2 is 0.696 bits per heavy atom. The zero-order valence-corrected chi connectivity index (χ0v) is 78.1. The summed E-state index contributed by atoms with van der Waals surface area (Å²) < 4.78 is 101. The van der Waals surface area contributed by atoms with Gasteiger partial charge in [0.2, 0.25) is 0 Å². The van der Waals surface area contributed by atoms with Crippen LogP contribution in [0.4, 0.5) is 34.9 Å². The highest BCUT2D eigenvalue weighted by molar-refractivity contribution is 7.90. The highest BCUT2D eigenvalue weighted by Gasteiger charge is 2.46. The number of hydrogen-bond donors (Lipinski definition) is 6. The zero-order chi connectivity index (χ0) is 92.0. The average Bonchev–Trinajstić information content (AvgIpc) is 1.68. The molecule has 3 fully saturated rings. The van der Waals surface area contributed by atoms with Gasteiger partial charge in [-0.1, -0.05) is 105 Å². The predicted molar refractivity (Wildman–Crippen MR) is 486 cm³/mol. The number of anilines is 6. The summed E-state index contributed by atoms with van der Waals surface area (Å²) in [6, 6.07) is 24.3. The first-order chi connectivity index (χ1) is 58.5. The number of nitrogens with zero attached hydrogens (tertiary/aromatic N) is 9.